The number of ether oxygens (including phenoxy) is 1. The van der Waals surface area contributed by atoms with Gasteiger partial charge in [-0.05, 0) is 69.0 Å². The largest absolute Gasteiger partial charge is 0.497 e. The molecule has 150 valence electrons. The summed E-state index contributed by atoms with van der Waals surface area (Å²) in [7, 11) is 1.73. The van der Waals surface area contributed by atoms with Gasteiger partial charge < -0.3 is 13.8 Å². The zero-order valence-electron chi connectivity index (χ0n) is 17.1. The highest BCUT2D eigenvalue weighted by atomic mass is 16.5. The molecule has 1 aromatic carbocycles. The van der Waals surface area contributed by atoms with Crippen LogP contribution < -0.4 is 4.74 Å². The maximum absolute atomic E-state index is 5.45. The van der Waals surface area contributed by atoms with Gasteiger partial charge in [0, 0.05) is 43.5 Å². The Bertz CT molecular complexity index is 922. The van der Waals surface area contributed by atoms with Gasteiger partial charge in [-0.3, -0.25) is 4.90 Å². The molecule has 1 aliphatic rings. The first kappa shape index (κ1) is 19.0. The number of methoxy groups -OCH3 is 1. The molecule has 6 nitrogen and oxygen atoms in total. The van der Waals surface area contributed by atoms with Crippen LogP contribution in [-0.2, 0) is 19.5 Å². The molecule has 0 atom stereocenters. The topological polar surface area (TPSA) is 56.3 Å². The van der Waals surface area contributed by atoms with Crippen LogP contribution in [0.15, 0.2) is 28.9 Å². The van der Waals surface area contributed by atoms with Gasteiger partial charge in [-0.25, -0.2) is 0 Å². The minimum absolute atomic E-state index is 0.660. The first-order valence-corrected chi connectivity index (χ1v) is 10.3. The van der Waals surface area contributed by atoms with E-state index in [1.807, 2.05) is 6.92 Å². The van der Waals surface area contributed by atoms with Crippen molar-refractivity contribution in [1.29, 1.82) is 0 Å². The molecular weight excluding hydrogens is 352 g/mol. The fourth-order valence-electron chi connectivity index (χ4n) is 4.31. The standard InChI is InChI=1S/C22H30N4O2/c1-4-26-15-18(20-13-19(27-3)6-7-21(20)26)14-25-11-9-17(10-12-25)5-8-22-23-16(2)28-24-22/h6-7,13,15,17H,4-5,8-12,14H2,1-3H3. The lowest BCUT2D eigenvalue weighted by molar-refractivity contribution is 0.172. The van der Waals surface area contributed by atoms with Crippen LogP contribution in [0.5, 0.6) is 5.75 Å². The van der Waals surface area contributed by atoms with Crippen molar-refractivity contribution in [2.75, 3.05) is 20.2 Å². The number of likely N-dealkylation sites (tertiary alicyclic amines) is 1. The molecule has 6 heteroatoms. The molecule has 2 aromatic heterocycles. The molecule has 1 fully saturated rings. The second kappa shape index (κ2) is 8.35. The zero-order valence-corrected chi connectivity index (χ0v) is 17.1. The molecule has 4 rings (SSSR count). The molecule has 0 spiro atoms. The van der Waals surface area contributed by atoms with Crippen LogP contribution in [-0.4, -0.2) is 39.8 Å². The van der Waals surface area contributed by atoms with Crippen LogP contribution in [0.4, 0.5) is 0 Å². The molecule has 0 N–H and O–H groups in total. The number of rotatable bonds is 7. The van der Waals surface area contributed by atoms with E-state index in [-0.39, 0.29) is 0 Å². The van der Waals surface area contributed by atoms with Crippen LogP contribution in [0.3, 0.4) is 0 Å². The Kier molecular flexibility index (Phi) is 5.67. The van der Waals surface area contributed by atoms with Crippen molar-refractivity contribution in [3.8, 4) is 5.75 Å². The van der Waals surface area contributed by atoms with Crippen molar-refractivity contribution in [2.24, 2.45) is 5.92 Å². The summed E-state index contributed by atoms with van der Waals surface area (Å²) < 4.78 is 12.9. The maximum atomic E-state index is 5.45. The summed E-state index contributed by atoms with van der Waals surface area (Å²) >= 11 is 0. The lowest BCUT2D eigenvalue weighted by atomic mass is 9.92. The minimum Gasteiger partial charge on any atom is -0.497 e. The van der Waals surface area contributed by atoms with Gasteiger partial charge in [0.1, 0.15) is 5.75 Å². The normalized spacial score (nSPS) is 16.1. The number of aromatic nitrogens is 3. The lowest BCUT2D eigenvalue weighted by Crippen LogP contribution is -2.33. The number of aryl methyl sites for hydroxylation is 3. The fraction of sp³-hybridized carbons (Fsp3) is 0.545. The molecule has 0 radical (unpaired) electrons. The van der Waals surface area contributed by atoms with Crippen molar-refractivity contribution in [2.45, 2.75) is 52.6 Å². The average molecular weight is 383 g/mol. The molecule has 0 bridgehead atoms. The summed E-state index contributed by atoms with van der Waals surface area (Å²) in [6, 6.07) is 6.40. The summed E-state index contributed by atoms with van der Waals surface area (Å²) in [5.74, 6) is 3.19. The van der Waals surface area contributed by atoms with Crippen molar-refractivity contribution < 1.29 is 9.26 Å². The number of hydrogen-bond donors (Lipinski definition) is 0. The minimum atomic E-state index is 0.660. The molecule has 1 aliphatic heterocycles. The third-order valence-electron chi connectivity index (χ3n) is 5.96. The Labute approximate surface area is 166 Å². The number of nitrogens with zero attached hydrogens (tertiary/aromatic N) is 4. The van der Waals surface area contributed by atoms with Crippen LogP contribution in [0.2, 0.25) is 0 Å². The Morgan fingerprint density at radius 2 is 2.07 bits per heavy atom. The average Bonchev–Trinajstić information content (AvgIpc) is 3.30. The number of benzene rings is 1. The second-order valence-corrected chi connectivity index (χ2v) is 7.81. The van der Waals surface area contributed by atoms with Crippen LogP contribution in [0.25, 0.3) is 10.9 Å². The van der Waals surface area contributed by atoms with Gasteiger partial charge in [0.25, 0.3) is 0 Å². The van der Waals surface area contributed by atoms with Gasteiger partial charge in [0.2, 0.25) is 5.89 Å². The van der Waals surface area contributed by atoms with Gasteiger partial charge >= 0.3 is 0 Å². The molecular formula is C22H30N4O2. The highest BCUT2D eigenvalue weighted by Crippen LogP contribution is 2.29. The molecule has 0 saturated carbocycles. The number of hydrogen-bond acceptors (Lipinski definition) is 5. The maximum Gasteiger partial charge on any atom is 0.223 e. The van der Waals surface area contributed by atoms with Gasteiger partial charge in [-0.15, -0.1) is 0 Å². The van der Waals surface area contributed by atoms with Gasteiger partial charge in [0.15, 0.2) is 5.82 Å². The van der Waals surface area contributed by atoms with Crippen molar-refractivity contribution in [3.63, 3.8) is 0 Å². The zero-order chi connectivity index (χ0) is 19.5. The van der Waals surface area contributed by atoms with E-state index in [2.05, 4.69) is 50.9 Å². The third-order valence-corrected chi connectivity index (χ3v) is 5.96. The third kappa shape index (κ3) is 4.07. The van der Waals surface area contributed by atoms with Crippen molar-refractivity contribution in [3.05, 3.63) is 41.7 Å². The Balaban J connectivity index is 1.36. The molecule has 28 heavy (non-hydrogen) atoms. The van der Waals surface area contributed by atoms with Gasteiger partial charge in [-0.1, -0.05) is 5.16 Å². The molecule has 0 unspecified atom stereocenters. The quantitative estimate of drug-likeness (QED) is 0.613. The summed E-state index contributed by atoms with van der Waals surface area (Å²) in [5.41, 5.74) is 2.69. The van der Waals surface area contributed by atoms with Crippen LogP contribution in [0.1, 0.15) is 43.5 Å². The predicted molar refractivity (Wildman–Crippen MR) is 110 cm³/mol. The molecule has 1 saturated heterocycles. The van der Waals surface area contributed by atoms with E-state index in [0.717, 1.165) is 56.5 Å². The molecule has 3 heterocycles. The van der Waals surface area contributed by atoms with Crippen LogP contribution in [0, 0.1) is 12.8 Å². The lowest BCUT2D eigenvalue weighted by Gasteiger charge is -2.31. The number of piperidine rings is 1. The predicted octanol–water partition coefficient (Wildman–Crippen LogP) is 4.21. The van der Waals surface area contributed by atoms with Crippen molar-refractivity contribution >= 4 is 10.9 Å². The monoisotopic (exact) mass is 382 g/mol. The van der Waals surface area contributed by atoms with Gasteiger partial charge in [-0.2, -0.15) is 4.98 Å². The summed E-state index contributed by atoms with van der Waals surface area (Å²) in [6.45, 7) is 8.34. The fourth-order valence-corrected chi connectivity index (χ4v) is 4.31. The van der Waals surface area contributed by atoms with Crippen LogP contribution >= 0.6 is 0 Å². The first-order chi connectivity index (χ1) is 13.7. The first-order valence-electron chi connectivity index (χ1n) is 10.3. The van der Waals surface area contributed by atoms with E-state index in [4.69, 9.17) is 9.26 Å². The Hall–Kier alpha value is -2.34. The second-order valence-electron chi connectivity index (χ2n) is 7.81. The Morgan fingerprint density at radius 3 is 2.75 bits per heavy atom. The Morgan fingerprint density at radius 1 is 1.25 bits per heavy atom. The summed E-state index contributed by atoms with van der Waals surface area (Å²) in [4.78, 5) is 6.91. The summed E-state index contributed by atoms with van der Waals surface area (Å²) in [5, 5.41) is 5.33. The van der Waals surface area contributed by atoms with E-state index < -0.39 is 0 Å². The highest BCUT2D eigenvalue weighted by molar-refractivity contribution is 5.85. The van der Waals surface area contributed by atoms with Crippen molar-refractivity contribution in [1.82, 2.24) is 19.6 Å². The van der Waals surface area contributed by atoms with E-state index in [0.29, 0.717) is 5.89 Å². The smallest absolute Gasteiger partial charge is 0.223 e. The molecule has 0 amide bonds. The van der Waals surface area contributed by atoms with E-state index in [9.17, 15) is 0 Å². The summed E-state index contributed by atoms with van der Waals surface area (Å²) in [6.07, 6.45) is 6.87. The van der Waals surface area contributed by atoms with E-state index in [1.54, 1.807) is 7.11 Å². The molecule has 3 aromatic rings. The highest BCUT2D eigenvalue weighted by Gasteiger charge is 2.21. The number of fused-ring (bicyclic) bond motifs is 1. The van der Waals surface area contributed by atoms with E-state index >= 15 is 0 Å². The SMILES string of the molecule is CCn1cc(CN2CCC(CCc3noc(C)n3)CC2)c2cc(OC)ccc21. The van der Waals surface area contributed by atoms with E-state index in [1.165, 1.54) is 29.3 Å². The molecule has 0 aliphatic carbocycles. The van der Waals surface area contributed by atoms with Gasteiger partial charge in [0.05, 0.1) is 7.11 Å².